The number of nitrogens with one attached hydrogen (secondary N) is 1. The van der Waals surface area contributed by atoms with Crippen molar-refractivity contribution in [3.05, 3.63) is 119 Å². The third-order valence-electron chi connectivity index (χ3n) is 6.68. The minimum Gasteiger partial charge on any atom is -0.496 e. The normalized spacial score (nSPS) is 12.4. The smallest absolute Gasteiger partial charge is 0.435 e. The number of carbonyl (C=O) groups excluding carboxylic acids is 1. The second-order valence-corrected chi connectivity index (χ2v) is 9.27. The summed E-state index contributed by atoms with van der Waals surface area (Å²) in [6.07, 6.45) is -4.82. The van der Waals surface area contributed by atoms with E-state index >= 15 is 0 Å². The van der Waals surface area contributed by atoms with E-state index < -0.39 is 35.3 Å². The van der Waals surface area contributed by atoms with Gasteiger partial charge in [-0.05, 0) is 52.2 Å². The summed E-state index contributed by atoms with van der Waals surface area (Å²) >= 11 is 0. The van der Waals surface area contributed by atoms with Crippen LogP contribution in [0.15, 0.2) is 84.9 Å². The molecule has 0 aliphatic heterocycles. The van der Waals surface area contributed by atoms with Crippen LogP contribution in [0.4, 0.5) is 23.2 Å². The zero-order chi connectivity index (χ0) is 29.3. The van der Waals surface area contributed by atoms with E-state index in [9.17, 15) is 22.4 Å². The van der Waals surface area contributed by atoms with Gasteiger partial charge in [0.05, 0.1) is 24.5 Å². The molecule has 0 bridgehead atoms. The van der Waals surface area contributed by atoms with Gasteiger partial charge < -0.3 is 21.5 Å². The molecule has 1 aromatic heterocycles. The van der Waals surface area contributed by atoms with E-state index in [0.29, 0.717) is 28.5 Å². The van der Waals surface area contributed by atoms with E-state index in [0.717, 1.165) is 21.5 Å². The minimum absolute atomic E-state index is 0.127. The Bertz CT molecular complexity index is 1750. The summed E-state index contributed by atoms with van der Waals surface area (Å²) in [4.78, 5) is 13.3. The fourth-order valence-electron chi connectivity index (χ4n) is 4.65. The Labute approximate surface area is 232 Å². The maximum absolute atomic E-state index is 14.9. The molecule has 11 heteroatoms. The number of methoxy groups -OCH3 is 1. The van der Waals surface area contributed by atoms with Crippen LogP contribution in [-0.4, -0.2) is 22.8 Å². The summed E-state index contributed by atoms with van der Waals surface area (Å²) in [7, 11) is 1.51. The number of ether oxygens (including phenoxy) is 1. The molecule has 0 radical (unpaired) electrons. The zero-order valence-electron chi connectivity index (χ0n) is 21.7. The summed E-state index contributed by atoms with van der Waals surface area (Å²) in [5, 5.41) is 7.75. The zero-order valence-corrected chi connectivity index (χ0v) is 21.7. The molecule has 0 fully saturated rings. The van der Waals surface area contributed by atoms with Gasteiger partial charge in [-0.1, -0.05) is 48.5 Å². The molecule has 1 atom stereocenters. The highest BCUT2D eigenvalue weighted by Gasteiger charge is 2.36. The number of nitrogens with two attached hydrogens (primary N) is 2. The third-order valence-corrected chi connectivity index (χ3v) is 6.68. The van der Waals surface area contributed by atoms with Gasteiger partial charge in [0.2, 0.25) is 0 Å². The highest BCUT2D eigenvalue weighted by Crippen LogP contribution is 2.36. The molecule has 0 aliphatic rings. The number of hydrogen-bond donors (Lipinski definition) is 3. The van der Waals surface area contributed by atoms with E-state index in [2.05, 4.69) is 10.4 Å². The van der Waals surface area contributed by atoms with Crippen molar-refractivity contribution in [3.8, 4) is 11.4 Å². The number of alkyl halides is 3. The lowest BCUT2D eigenvalue weighted by Gasteiger charge is -2.20. The number of anilines is 1. The molecule has 1 heterocycles. The minimum atomic E-state index is -4.82. The molecule has 210 valence electrons. The number of carbonyl (C=O) groups is 1. The van der Waals surface area contributed by atoms with Gasteiger partial charge in [0, 0.05) is 18.2 Å². The molecule has 0 spiro atoms. The molecule has 5 aromatic rings. The van der Waals surface area contributed by atoms with Gasteiger partial charge in [-0.3, -0.25) is 4.79 Å². The molecule has 1 amide bonds. The van der Waals surface area contributed by atoms with Crippen molar-refractivity contribution in [1.82, 2.24) is 9.78 Å². The lowest BCUT2D eigenvalue weighted by Crippen LogP contribution is -2.19. The Morgan fingerprint density at radius 1 is 1.02 bits per heavy atom. The van der Waals surface area contributed by atoms with Crippen molar-refractivity contribution in [2.75, 3.05) is 12.4 Å². The van der Waals surface area contributed by atoms with Gasteiger partial charge >= 0.3 is 6.18 Å². The molecule has 41 heavy (non-hydrogen) atoms. The van der Waals surface area contributed by atoms with Gasteiger partial charge in [-0.25, -0.2) is 9.07 Å². The molecule has 0 aliphatic carbocycles. The molecular weight excluding hydrogens is 538 g/mol. The summed E-state index contributed by atoms with van der Waals surface area (Å²) in [6, 6.07) is 21.3. The first-order chi connectivity index (χ1) is 19.6. The van der Waals surface area contributed by atoms with Crippen molar-refractivity contribution in [2.24, 2.45) is 11.5 Å². The van der Waals surface area contributed by atoms with Crippen LogP contribution in [0.1, 0.15) is 38.9 Å². The quantitative estimate of drug-likeness (QED) is 0.212. The monoisotopic (exact) mass is 563 g/mol. The Morgan fingerprint density at radius 3 is 2.54 bits per heavy atom. The number of rotatable bonds is 7. The van der Waals surface area contributed by atoms with Crippen LogP contribution in [0.25, 0.3) is 16.5 Å². The number of fused-ring (bicyclic) bond motifs is 1. The average molecular weight is 564 g/mol. The predicted octanol–water partition coefficient (Wildman–Crippen LogP) is 5.95. The first kappa shape index (κ1) is 27.8. The van der Waals surface area contributed by atoms with Gasteiger partial charge in [0.15, 0.2) is 5.69 Å². The van der Waals surface area contributed by atoms with Crippen molar-refractivity contribution in [3.63, 3.8) is 0 Å². The maximum atomic E-state index is 14.9. The number of amides is 1. The lowest BCUT2D eigenvalue weighted by molar-refractivity contribution is -0.141. The van der Waals surface area contributed by atoms with Crippen molar-refractivity contribution < 1.29 is 27.1 Å². The summed E-state index contributed by atoms with van der Waals surface area (Å²) in [6.45, 7) is 0.127. The molecule has 1 unspecified atom stereocenters. The first-order valence-corrected chi connectivity index (χ1v) is 12.5. The number of nitrogens with zero attached hydrogens (tertiary/aromatic N) is 2. The lowest BCUT2D eigenvalue weighted by atomic mass is 9.93. The second kappa shape index (κ2) is 11.0. The standard InChI is InChI=1S/C30H25F4N5O2/c1-41-25-12-10-18-6-2-3-8-21(18)27(25)28(36)19-9-11-22(31)23(14-19)37-29(40)24-15-26(30(32,33)34)38-39(24)20-7-4-5-17(13-20)16-35/h2-15,28H,16,35-36H2,1H3,(H,37,40). The van der Waals surface area contributed by atoms with Crippen molar-refractivity contribution in [2.45, 2.75) is 18.8 Å². The van der Waals surface area contributed by atoms with E-state index in [4.69, 9.17) is 16.2 Å². The van der Waals surface area contributed by atoms with Crippen LogP contribution in [0.5, 0.6) is 5.75 Å². The van der Waals surface area contributed by atoms with Crippen LogP contribution < -0.4 is 21.5 Å². The van der Waals surface area contributed by atoms with Gasteiger partial charge in [-0.15, -0.1) is 0 Å². The number of benzene rings is 4. The van der Waals surface area contributed by atoms with E-state index in [1.165, 1.54) is 31.4 Å². The highest BCUT2D eigenvalue weighted by molar-refractivity contribution is 6.03. The van der Waals surface area contributed by atoms with Crippen LogP contribution in [0.3, 0.4) is 0 Å². The Morgan fingerprint density at radius 2 is 1.80 bits per heavy atom. The van der Waals surface area contributed by atoms with Gasteiger partial charge in [0.1, 0.15) is 17.3 Å². The average Bonchev–Trinajstić information content (AvgIpc) is 3.44. The van der Waals surface area contributed by atoms with E-state index in [1.807, 2.05) is 30.3 Å². The highest BCUT2D eigenvalue weighted by atomic mass is 19.4. The van der Waals surface area contributed by atoms with E-state index in [1.54, 1.807) is 18.2 Å². The molecule has 7 nitrogen and oxygen atoms in total. The van der Waals surface area contributed by atoms with Gasteiger partial charge in [0.25, 0.3) is 5.91 Å². The van der Waals surface area contributed by atoms with Crippen molar-refractivity contribution >= 4 is 22.4 Å². The maximum Gasteiger partial charge on any atom is 0.435 e. The molecule has 4 aromatic carbocycles. The largest absolute Gasteiger partial charge is 0.496 e. The van der Waals surface area contributed by atoms with Crippen LogP contribution in [0, 0.1) is 5.82 Å². The predicted molar refractivity (Wildman–Crippen MR) is 147 cm³/mol. The third kappa shape index (κ3) is 5.49. The van der Waals surface area contributed by atoms with Gasteiger partial charge in [-0.2, -0.15) is 18.3 Å². The number of hydrogen-bond acceptors (Lipinski definition) is 5. The second-order valence-electron chi connectivity index (χ2n) is 9.27. The molecule has 5 N–H and O–H groups in total. The first-order valence-electron chi connectivity index (χ1n) is 12.5. The van der Waals surface area contributed by atoms with E-state index in [-0.39, 0.29) is 17.9 Å². The van der Waals surface area contributed by atoms with Crippen LogP contribution >= 0.6 is 0 Å². The SMILES string of the molecule is COc1ccc2ccccc2c1C(N)c1ccc(F)c(NC(=O)c2cc(C(F)(F)F)nn2-c2cccc(CN)c2)c1. The fraction of sp³-hybridized carbons (Fsp3) is 0.133. The number of halogens is 4. The number of aromatic nitrogens is 2. The van der Waals surface area contributed by atoms with Crippen LogP contribution in [-0.2, 0) is 12.7 Å². The summed E-state index contributed by atoms with van der Waals surface area (Å²) in [5.74, 6) is -1.28. The summed E-state index contributed by atoms with van der Waals surface area (Å²) < 4.78 is 62.0. The Kier molecular flexibility index (Phi) is 7.48. The molecule has 5 rings (SSSR count). The summed E-state index contributed by atoms with van der Waals surface area (Å²) in [5.41, 5.74) is 12.2. The Hall–Kier alpha value is -4.74. The molecule has 0 saturated carbocycles. The van der Waals surface area contributed by atoms with Crippen LogP contribution in [0.2, 0.25) is 0 Å². The Balaban J connectivity index is 1.53. The fourth-order valence-corrected chi connectivity index (χ4v) is 4.65. The topological polar surface area (TPSA) is 108 Å². The van der Waals surface area contributed by atoms with Crippen molar-refractivity contribution in [1.29, 1.82) is 0 Å². The molecule has 0 saturated heterocycles. The molecular formula is C30H25F4N5O2.